The summed E-state index contributed by atoms with van der Waals surface area (Å²) in [5, 5.41) is 18.2. The van der Waals surface area contributed by atoms with Crippen LogP contribution in [0.3, 0.4) is 0 Å². The number of likely N-dealkylation sites (tertiary alicyclic amines) is 1. The zero-order valence-electron chi connectivity index (χ0n) is 11.5. The molecule has 18 heavy (non-hydrogen) atoms. The molecule has 1 atom stereocenters. The van der Waals surface area contributed by atoms with E-state index in [-0.39, 0.29) is 11.5 Å². The quantitative estimate of drug-likeness (QED) is 0.817. The van der Waals surface area contributed by atoms with Gasteiger partial charge in [0.15, 0.2) is 0 Å². The van der Waals surface area contributed by atoms with E-state index < -0.39 is 5.97 Å². The second-order valence-corrected chi connectivity index (χ2v) is 5.84. The number of rotatable bonds is 5. The Morgan fingerprint density at radius 1 is 1.44 bits per heavy atom. The molecule has 0 aromatic carbocycles. The predicted molar refractivity (Wildman–Crippen MR) is 70.1 cm³/mol. The van der Waals surface area contributed by atoms with Crippen molar-refractivity contribution in [2.45, 2.75) is 58.4 Å². The summed E-state index contributed by atoms with van der Waals surface area (Å²) in [4.78, 5) is 13.3. The summed E-state index contributed by atoms with van der Waals surface area (Å²) in [7, 11) is 0. The summed E-state index contributed by atoms with van der Waals surface area (Å²) in [6.07, 6.45) is 5.71. The molecule has 0 saturated carbocycles. The Morgan fingerprint density at radius 3 is 2.78 bits per heavy atom. The number of hydrogen-bond donors (Lipinski definition) is 1. The molecule has 1 unspecified atom stereocenters. The van der Waals surface area contributed by atoms with Crippen molar-refractivity contribution in [3.05, 3.63) is 0 Å². The summed E-state index contributed by atoms with van der Waals surface area (Å²) in [5.41, 5.74) is -0.301. The van der Waals surface area contributed by atoms with Crippen LogP contribution in [0.15, 0.2) is 0 Å². The molecule has 0 bridgehead atoms. The van der Waals surface area contributed by atoms with E-state index in [9.17, 15) is 9.90 Å². The molecule has 0 spiro atoms. The van der Waals surface area contributed by atoms with Gasteiger partial charge in [-0.1, -0.05) is 12.8 Å². The first-order valence-electron chi connectivity index (χ1n) is 6.84. The number of aliphatic carboxylic acids is 1. The van der Waals surface area contributed by atoms with E-state index >= 15 is 0 Å². The molecule has 0 radical (unpaired) electrons. The molecule has 0 aromatic heterocycles. The van der Waals surface area contributed by atoms with Gasteiger partial charge in [0.2, 0.25) is 0 Å². The van der Waals surface area contributed by atoms with Gasteiger partial charge in [-0.2, -0.15) is 5.26 Å². The van der Waals surface area contributed by atoms with E-state index in [1.54, 1.807) is 0 Å². The van der Waals surface area contributed by atoms with Crippen LogP contribution in [0.2, 0.25) is 0 Å². The topological polar surface area (TPSA) is 64.3 Å². The van der Waals surface area contributed by atoms with Crippen molar-refractivity contribution in [3.8, 4) is 6.07 Å². The smallest absolute Gasteiger partial charge is 0.320 e. The van der Waals surface area contributed by atoms with E-state index in [4.69, 9.17) is 5.26 Å². The van der Waals surface area contributed by atoms with Crippen LogP contribution in [-0.4, -0.2) is 35.1 Å². The Labute approximate surface area is 110 Å². The summed E-state index contributed by atoms with van der Waals surface area (Å²) >= 11 is 0. The van der Waals surface area contributed by atoms with Gasteiger partial charge in [0, 0.05) is 0 Å². The lowest BCUT2D eigenvalue weighted by atomic mass is 9.89. The average molecular weight is 252 g/mol. The van der Waals surface area contributed by atoms with Gasteiger partial charge in [0.25, 0.3) is 0 Å². The third-order valence-electron chi connectivity index (χ3n) is 3.70. The molecule has 4 nitrogen and oxygen atoms in total. The van der Waals surface area contributed by atoms with Crippen LogP contribution in [0.5, 0.6) is 0 Å². The van der Waals surface area contributed by atoms with Crippen LogP contribution < -0.4 is 0 Å². The number of hydrogen-bond acceptors (Lipinski definition) is 3. The van der Waals surface area contributed by atoms with E-state index in [2.05, 4.69) is 11.0 Å². The van der Waals surface area contributed by atoms with Gasteiger partial charge in [-0.25, -0.2) is 0 Å². The highest BCUT2D eigenvalue weighted by molar-refractivity contribution is 5.73. The van der Waals surface area contributed by atoms with Crippen LogP contribution in [0.4, 0.5) is 0 Å². The molecule has 1 saturated heterocycles. The molecule has 0 aliphatic carbocycles. The highest BCUT2D eigenvalue weighted by Gasteiger charge is 2.27. The van der Waals surface area contributed by atoms with E-state index in [1.165, 1.54) is 0 Å². The van der Waals surface area contributed by atoms with Gasteiger partial charge in [0.1, 0.15) is 6.04 Å². The third-order valence-corrected chi connectivity index (χ3v) is 3.70. The highest BCUT2D eigenvalue weighted by atomic mass is 16.4. The summed E-state index contributed by atoms with van der Waals surface area (Å²) in [6, 6.07) is 1.97. The minimum atomic E-state index is -0.698. The molecule has 102 valence electrons. The van der Waals surface area contributed by atoms with Crippen molar-refractivity contribution < 1.29 is 9.90 Å². The van der Waals surface area contributed by atoms with E-state index in [0.717, 1.165) is 51.6 Å². The van der Waals surface area contributed by atoms with Crippen LogP contribution in [0, 0.1) is 16.7 Å². The first-order valence-corrected chi connectivity index (χ1v) is 6.84. The Bertz CT molecular complexity index is 320. The predicted octanol–water partition coefficient (Wildman–Crippen LogP) is 2.65. The zero-order chi connectivity index (χ0) is 13.6. The van der Waals surface area contributed by atoms with Gasteiger partial charge in [0.05, 0.1) is 11.5 Å². The van der Waals surface area contributed by atoms with Crippen molar-refractivity contribution in [1.29, 1.82) is 5.26 Å². The van der Waals surface area contributed by atoms with E-state index in [1.807, 2.05) is 13.8 Å². The van der Waals surface area contributed by atoms with Crippen LogP contribution in [-0.2, 0) is 4.79 Å². The molecule has 1 aliphatic heterocycles. The van der Waals surface area contributed by atoms with Gasteiger partial charge >= 0.3 is 5.97 Å². The number of carboxylic acid groups (broad SMARTS) is 1. The lowest BCUT2D eigenvalue weighted by molar-refractivity contribution is -0.143. The summed E-state index contributed by atoms with van der Waals surface area (Å²) < 4.78 is 0. The van der Waals surface area contributed by atoms with E-state index in [0.29, 0.717) is 0 Å². The molecular formula is C14H24N2O2. The first-order chi connectivity index (χ1) is 8.46. The SMILES string of the molecule is CC(C)(C#N)CCCN1CCCCCC1C(=O)O. The van der Waals surface area contributed by atoms with Gasteiger partial charge in [-0.05, 0) is 52.6 Å². The van der Waals surface area contributed by atoms with Gasteiger partial charge in [-0.3, -0.25) is 9.69 Å². The van der Waals surface area contributed by atoms with Crippen LogP contribution >= 0.6 is 0 Å². The molecule has 1 aliphatic rings. The maximum atomic E-state index is 11.2. The maximum absolute atomic E-state index is 11.2. The minimum absolute atomic E-state index is 0.301. The fourth-order valence-electron chi connectivity index (χ4n) is 2.50. The van der Waals surface area contributed by atoms with Crippen molar-refractivity contribution in [2.24, 2.45) is 5.41 Å². The lowest BCUT2D eigenvalue weighted by Crippen LogP contribution is -2.41. The average Bonchev–Trinajstić information content (AvgIpc) is 2.54. The van der Waals surface area contributed by atoms with Crippen molar-refractivity contribution in [3.63, 3.8) is 0 Å². The highest BCUT2D eigenvalue weighted by Crippen LogP contribution is 2.23. The summed E-state index contributed by atoms with van der Waals surface area (Å²) in [6.45, 7) is 5.54. The number of carbonyl (C=O) groups is 1. The fourth-order valence-corrected chi connectivity index (χ4v) is 2.50. The number of nitriles is 1. The Morgan fingerprint density at radius 2 is 2.17 bits per heavy atom. The van der Waals surface area contributed by atoms with Gasteiger partial charge in [-0.15, -0.1) is 0 Å². The van der Waals surface area contributed by atoms with Crippen LogP contribution in [0.1, 0.15) is 52.4 Å². The van der Waals surface area contributed by atoms with Crippen molar-refractivity contribution in [2.75, 3.05) is 13.1 Å². The van der Waals surface area contributed by atoms with Crippen molar-refractivity contribution >= 4 is 5.97 Å². The maximum Gasteiger partial charge on any atom is 0.320 e. The van der Waals surface area contributed by atoms with Crippen molar-refractivity contribution in [1.82, 2.24) is 4.90 Å². The van der Waals surface area contributed by atoms with Crippen LogP contribution in [0.25, 0.3) is 0 Å². The standard InChI is InChI=1S/C14H24N2O2/c1-14(2,11-15)8-6-10-16-9-5-3-4-7-12(16)13(17)18/h12H,3-10H2,1-2H3,(H,17,18). The molecule has 1 fully saturated rings. The Balaban J connectivity index is 2.47. The summed E-state index contributed by atoms with van der Waals surface area (Å²) in [5.74, 6) is -0.698. The molecular weight excluding hydrogens is 228 g/mol. The molecule has 1 rings (SSSR count). The first kappa shape index (κ1) is 15.0. The zero-order valence-corrected chi connectivity index (χ0v) is 11.5. The number of carboxylic acids is 1. The second-order valence-electron chi connectivity index (χ2n) is 5.84. The Kier molecular flexibility index (Phi) is 5.61. The monoisotopic (exact) mass is 252 g/mol. The lowest BCUT2D eigenvalue weighted by Gasteiger charge is -2.27. The Hall–Kier alpha value is -1.08. The molecule has 1 heterocycles. The minimum Gasteiger partial charge on any atom is -0.480 e. The fraction of sp³-hybridized carbons (Fsp3) is 0.857. The normalized spacial score (nSPS) is 22.2. The molecule has 1 N–H and O–H groups in total. The molecule has 0 aromatic rings. The second kappa shape index (κ2) is 6.75. The largest absolute Gasteiger partial charge is 0.480 e. The third kappa shape index (κ3) is 4.66. The number of nitrogens with zero attached hydrogens (tertiary/aromatic N) is 2. The molecule has 0 amide bonds. The van der Waals surface area contributed by atoms with Gasteiger partial charge < -0.3 is 5.11 Å². The molecule has 4 heteroatoms.